The third kappa shape index (κ3) is 4.13. The number of carbonyl (C=O) groups is 1. The minimum Gasteiger partial charge on any atom is -0.481 e. The Morgan fingerprint density at radius 2 is 2.07 bits per heavy atom. The molecule has 0 spiro atoms. The van der Waals surface area contributed by atoms with Crippen LogP contribution in [0.15, 0.2) is 30.3 Å². The first-order valence-electron chi connectivity index (χ1n) is 5.18. The average molecular weight is 207 g/mol. The molecule has 0 heterocycles. The second kappa shape index (κ2) is 6.19. The van der Waals surface area contributed by atoms with Gasteiger partial charge in [0.2, 0.25) is 0 Å². The Balaban J connectivity index is 2.46. The first kappa shape index (κ1) is 11.7. The molecule has 0 fully saturated rings. The van der Waals surface area contributed by atoms with Crippen molar-refractivity contribution in [2.75, 3.05) is 7.05 Å². The van der Waals surface area contributed by atoms with Crippen molar-refractivity contribution in [1.82, 2.24) is 5.32 Å². The summed E-state index contributed by atoms with van der Waals surface area (Å²) in [6.45, 7) is 0. The Labute approximate surface area is 90.1 Å². The van der Waals surface area contributed by atoms with Crippen LogP contribution in [0.5, 0.6) is 0 Å². The maximum atomic E-state index is 10.4. The Hall–Kier alpha value is -1.35. The van der Waals surface area contributed by atoms with Crippen molar-refractivity contribution in [3.05, 3.63) is 35.9 Å². The normalized spacial score (nSPS) is 12.3. The molecule has 0 saturated heterocycles. The van der Waals surface area contributed by atoms with Gasteiger partial charge in [-0.1, -0.05) is 30.3 Å². The van der Waals surface area contributed by atoms with Crippen LogP contribution in [0.4, 0.5) is 0 Å². The van der Waals surface area contributed by atoms with Crippen LogP contribution in [0, 0.1) is 0 Å². The molecule has 0 aromatic heterocycles. The second-order valence-electron chi connectivity index (χ2n) is 3.54. The molecule has 15 heavy (non-hydrogen) atoms. The van der Waals surface area contributed by atoms with Crippen molar-refractivity contribution in [2.45, 2.75) is 25.3 Å². The highest BCUT2D eigenvalue weighted by molar-refractivity contribution is 5.66. The van der Waals surface area contributed by atoms with Gasteiger partial charge in [-0.15, -0.1) is 0 Å². The number of benzene rings is 1. The topological polar surface area (TPSA) is 49.3 Å². The summed E-state index contributed by atoms with van der Waals surface area (Å²) in [5.41, 5.74) is 1.21. The zero-order valence-electron chi connectivity index (χ0n) is 8.94. The van der Waals surface area contributed by atoms with E-state index in [4.69, 9.17) is 5.11 Å². The fourth-order valence-corrected chi connectivity index (χ4v) is 1.62. The maximum Gasteiger partial charge on any atom is 0.303 e. The standard InChI is InChI=1S/C12H17NO2/c1-13-11(8-5-9-12(14)15)10-6-3-2-4-7-10/h2-4,6-7,11,13H,5,8-9H2,1H3,(H,14,15). The number of rotatable bonds is 6. The van der Waals surface area contributed by atoms with E-state index in [1.165, 1.54) is 5.56 Å². The SMILES string of the molecule is CNC(CCCC(=O)O)c1ccccc1. The zero-order chi connectivity index (χ0) is 11.1. The van der Waals surface area contributed by atoms with Gasteiger partial charge < -0.3 is 10.4 Å². The van der Waals surface area contributed by atoms with E-state index in [1.807, 2.05) is 25.2 Å². The molecule has 0 amide bonds. The van der Waals surface area contributed by atoms with Crippen molar-refractivity contribution in [2.24, 2.45) is 0 Å². The lowest BCUT2D eigenvalue weighted by atomic mass is 10.0. The molecule has 1 aromatic rings. The van der Waals surface area contributed by atoms with Crippen molar-refractivity contribution in [3.63, 3.8) is 0 Å². The molecular formula is C12H17NO2. The van der Waals surface area contributed by atoms with Crippen LogP contribution in [0.25, 0.3) is 0 Å². The molecule has 0 aliphatic carbocycles. The summed E-state index contributed by atoms with van der Waals surface area (Å²) in [5.74, 6) is -0.724. The van der Waals surface area contributed by atoms with Crippen LogP contribution in [-0.4, -0.2) is 18.1 Å². The Morgan fingerprint density at radius 3 is 2.60 bits per heavy atom. The summed E-state index contributed by atoms with van der Waals surface area (Å²) >= 11 is 0. The highest BCUT2D eigenvalue weighted by Gasteiger charge is 2.08. The second-order valence-corrected chi connectivity index (χ2v) is 3.54. The minimum absolute atomic E-state index is 0.241. The van der Waals surface area contributed by atoms with Gasteiger partial charge in [0.1, 0.15) is 0 Å². The molecule has 0 radical (unpaired) electrons. The maximum absolute atomic E-state index is 10.4. The lowest BCUT2D eigenvalue weighted by Crippen LogP contribution is -2.16. The van der Waals surface area contributed by atoms with Crippen molar-refractivity contribution < 1.29 is 9.90 Å². The molecule has 0 saturated carbocycles. The number of aliphatic carboxylic acids is 1. The van der Waals surface area contributed by atoms with Crippen molar-refractivity contribution >= 4 is 5.97 Å². The van der Waals surface area contributed by atoms with Gasteiger partial charge in [0.05, 0.1) is 0 Å². The van der Waals surface area contributed by atoms with E-state index in [0.29, 0.717) is 6.42 Å². The number of carboxylic acids is 1. The fraction of sp³-hybridized carbons (Fsp3) is 0.417. The van der Waals surface area contributed by atoms with E-state index in [0.717, 1.165) is 6.42 Å². The van der Waals surface area contributed by atoms with Gasteiger partial charge in [-0.25, -0.2) is 0 Å². The van der Waals surface area contributed by atoms with Gasteiger partial charge in [-0.2, -0.15) is 0 Å². The third-order valence-corrected chi connectivity index (χ3v) is 2.43. The zero-order valence-corrected chi connectivity index (χ0v) is 8.94. The van der Waals surface area contributed by atoms with Gasteiger partial charge in [0.15, 0.2) is 0 Å². The summed E-state index contributed by atoms with van der Waals surface area (Å²) in [4.78, 5) is 10.4. The van der Waals surface area contributed by atoms with Crippen molar-refractivity contribution in [1.29, 1.82) is 0 Å². The molecule has 1 atom stereocenters. The van der Waals surface area contributed by atoms with E-state index < -0.39 is 5.97 Å². The molecule has 3 heteroatoms. The van der Waals surface area contributed by atoms with Gasteiger partial charge >= 0.3 is 5.97 Å². The smallest absolute Gasteiger partial charge is 0.303 e. The predicted molar refractivity (Wildman–Crippen MR) is 59.7 cm³/mol. The number of hydrogen-bond acceptors (Lipinski definition) is 2. The van der Waals surface area contributed by atoms with Crippen LogP contribution in [0.2, 0.25) is 0 Å². The number of nitrogens with one attached hydrogen (secondary N) is 1. The molecule has 1 aromatic carbocycles. The molecule has 2 N–H and O–H groups in total. The summed E-state index contributed by atoms with van der Waals surface area (Å²) in [6.07, 6.45) is 1.80. The minimum atomic E-state index is -0.724. The fourth-order valence-electron chi connectivity index (χ4n) is 1.62. The van der Waals surface area contributed by atoms with Crippen LogP contribution >= 0.6 is 0 Å². The molecule has 3 nitrogen and oxygen atoms in total. The Kier molecular flexibility index (Phi) is 4.84. The lowest BCUT2D eigenvalue weighted by Gasteiger charge is -2.15. The third-order valence-electron chi connectivity index (χ3n) is 2.43. The summed E-state index contributed by atoms with van der Waals surface area (Å²) in [7, 11) is 1.90. The average Bonchev–Trinajstić information content (AvgIpc) is 2.25. The van der Waals surface area contributed by atoms with E-state index in [2.05, 4.69) is 17.4 Å². The van der Waals surface area contributed by atoms with Crippen LogP contribution in [-0.2, 0) is 4.79 Å². The molecule has 0 aliphatic heterocycles. The first-order chi connectivity index (χ1) is 7.24. The summed E-state index contributed by atoms with van der Waals surface area (Å²) in [6, 6.07) is 10.3. The quantitative estimate of drug-likeness (QED) is 0.751. The molecule has 1 unspecified atom stereocenters. The molecule has 0 aliphatic rings. The number of carboxylic acid groups (broad SMARTS) is 1. The lowest BCUT2D eigenvalue weighted by molar-refractivity contribution is -0.137. The highest BCUT2D eigenvalue weighted by Crippen LogP contribution is 2.18. The Bertz CT molecular complexity index is 298. The van der Waals surface area contributed by atoms with E-state index >= 15 is 0 Å². The molecule has 1 rings (SSSR count). The van der Waals surface area contributed by atoms with Gasteiger partial charge in [-0.3, -0.25) is 4.79 Å². The summed E-state index contributed by atoms with van der Waals surface area (Å²) in [5, 5.41) is 11.7. The van der Waals surface area contributed by atoms with Gasteiger partial charge in [0, 0.05) is 12.5 Å². The van der Waals surface area contributed by atoms with E-state index in [-0.39, 0.29) is 12.5 Å². The summed E-state index contributed by atoms with van der Waals surface area (Å²) < 4.78 is 0. The molecule has 82 valence electrons. The predicted octanol–water partition coefficient (Wildman–Crippen LogP) is 2.20. The van der Waals surface area contributed by atoms with Crippen LogP contribution in [0.3, 0.4) is 0 Å². The van der Waals surface area contributed by atoms with Gasteiger partial charge in [0.25, 0.3) is 0 Å². The first-order valence-corrected chi connectivity index (χ1v) is 5.18. The van der Waals surface area contributed by atoms with Crippen LogP contribution in [0.1, 0.15) is 30.9 Å². The van der Waals surface area contributed by atoms with E-state index in [9.17, 15) is 4.79 Å². The Morgan fingerprint density at radius 1 is 1.40 bits per heavy atom. The molecule has 0 bridgehead atoms. The van der Waals surface area contributed by atoms with E-state index in [1.54, 1.807) is 0 Å². The monoisotopic (exact) mass is 207 g/mol. The molecular weight excluding hydrogens is 190 g/mol. The van der Waals surface area contributed by atoms with Gasteiger partial charge in [-0.05, 0) is 25.5 Å². The number of hydrogen-bond donors (Lipinski definition) is 2. The van der Waals surface area contributed by atoms with Crippen LogP contribution < -0.4 is 5.32 Å². The largest absolute Gasteiger partial charge is 0.481 e. The highest BCUT2D eigenvalue weighted by atomic mass is 16.4. The van der Waals surface area contributed by atoms with Crippen molar-refractivity contribution in [3.8, 4) is 0 Å².